The van der Waals surface area contributed by atoms with Crippen molar-refractivity contribution < 1.29 is 22.4 Å². The van der Waals surface area contributed by atoms with Crippen LogP contribution in [0, 0.1) is 6.92 Å². The zero-order valence-corrected chi connectivity index (χ0v) is 10.9. The van der Waals surface area contributed by atoms with Crippen molar-refractivity contribution in [2.45, 2.75) is 24.3 Å². The molecule has 1 aromatic carbocycles. The summed E-state index contributed by atoms with van der Waals surface area (Å²) < 4.78 is 42.0. The number of ether oxygens (including phenoxy) is 2. The first-order valence-corrected chi connectivity index (χ1v) is 7.17. The van der Waals surface area contributed by atoms with Gasteiger partial charge in [0.05, 0.1) is 30.8 Å². The van der Waals surface area contributed by atoms with E-state index in [9.17, 15) is 8.42 Å². The van der Waals surface area contributed by atoms with E-state index in [0.29, 0.717) is 26.2 Å². The summed E-state index contributed by atoms with van der Waals surface area (Å²) in [6.07, 6.45) is 0.518. The van der Waals surface area contributed by atoms with Crippen LogP contribution in [-0.4, -0.2) is 38.9 Å². The Morgan fingerprint density at radius 3 is 2.78 bits per heavy atom. The smallest absolute Gasteiger partial charge is 0.294 e. The minimum atomic E-state index is -4.15. The summed E-state index contributed by atoms with van der Waals surface area (Å²) in [4.78, 5) is -0.0835. The Morgan fingerprint density at radius 2 is 2.17 bits per heavy atom. The summed E-state index contributed by atoms with van der Waals surface area (Å²) >= 11 is 0. The second-order valence-electron chi connectivity index (χ2n) is 4.34. The van der Waals surface area contributed by atoms with Gasteiger partial charge in [0.1, 0.15) is 0 Å². The zero-order chi connectivity index (χ0) is 13.2. The van der Waals surface area contributed by atoms with Crippen molar-refractivity contribution in [2.24, 2.45) is 0 Å². The van der Waals surface area contributed by atoms with Gasteiger partial charge in [-0.25, -0.2) is 0 Å². The van der Waals surface area contributed by atoms with Crippen LogP contribution >= 0.6 is 0 Å². The van der Waals surface area contributed by atoms with E-state index >= 15 is 0 Å². The van der Waals surface area contributed by atoms with Crippen LogP contribution in [0.2, 0.25) is 0 Å². The van der Waals surface area contributed by atoms with Gasteiger partial charge in [-0.2, -0.15) is 8.42 Å². The first kappa shape index (κ1) is 13.5. The molecule has 1 atom stereocenters. The van der Waals surface area contributed by atoms with Crippen LogP contribution < -0.4 is 0 Å². The molecule has 0 aliphatic carbocycles. The molecule has 1 heterocycles. The van der Waals surface area contributed by atoms with Gasteiger partial charge in [-0.1, -0.05) is 6.07 Å². The molecule has 0 aromatic heterocycles. The van der Waals surface area contributed by atoms with Crippen molar-refractivity contribution in [2.75, 3.05) is 19.8 Å². The average molecular weight is 272 g/mol. The molecule has 1 saturated heterocycles. The van der Waals surface area contributed by atoms with E-state index in [1.165, 1.54) is 12.1 Å². The van der Waals surface area contributed by atoms with E-state index < -0.39 is 10.1 Å². The molecule has 0 radical (unpaired) electrons. The van der Waals surface area contributed by atoms with E-state index in [0.717, 1.165) is 11.1 Å². The van der Waals surface area contributed by atoms with Crippen molar-refractivity contribution in [3.63, 3.8) is 0 Å². The van der Waals surface area contributed by atoms with Crippen molar-refractivity contribution in [1.82, 2.24) is 0 Å². The molecule has 1 unspecified atom stereocenters. The summed E-state index contributed by atoms with van der Waals surface area (Å²) in [6, 6.07) is 4.57. The second kappa shape index (κ2) is 5.36. The predicted molar refractivity (Wildman–Crippen MR) is 65.3 cm³/mol. The van der Waals surface area contributed by atoms with E-state index in [2.05, 4.69) is 0 Å². The van der Waals surface area contributed by atoms with Gasteiger partial charge in [0.15, 0.2) is 0 Å². The lowest BCUT2D eigenvalue weighted by Crippen LogP contribution is -2.30. The Labute approximate surface area is 106 Å². The van der Waals surface area contributed by atoms with E-state index in [-0.39, 0.29) is 11.0 Å². The van der Waals surface area contributed by atoms with E-state index in [1.54, 1.807) is 6.07 Å². The van der Waals surface area contributed by atoms with Crippen LogP contribution in [0.4, 0.5) is 0 Å². The molecule has 2 rings (SSSR count). The number of hydrogen-bond acceptors (Lipinski definition) is 4. The average Bonchev–Trinajstić information content (AvgIpc) is 2.32. The highest BCUT2D eigenvalue weighted by Crippen LogP contribution is 2.18. The van der Waals surface area contributed by atoms with Gasteiger partial charge >= 0.3 is 0 Å². The van der Waals surface area contributed by atoms with Crippen LogP contribution in [0.1, 0.15) is 11.1 Å². The topological polar surface area (TPSA) is 72.8 Å². The Balaban J connectivity index is 2.21. The Hall–Kier alpha value is -0.950. The van der Waals surface area contributed by atoms with Gasteiger partial charge in [-0.05, 0) is 30.2 Å². The van der Waals surface area contributed by atoms with Gasteiger partial charge < -0.3 is 9.47 Å². The summed E-state index contributed by atoms with van der Waals surface area (Å²) in [6.45, 7) is 3.56. The Kier molecular flexibility index (Phi) is 4.01. The molecule has 0 amide bonds. The maximum absolute atomic E-state index is 11.1. The van der Waals surface area contributed by atoms with Gasteiger partial charge in [0, 0.05) is 6.42 Å². The third-order valence-corrected chi connectivity index (χ3v) is 3.80. The molecule has 1 N–H and O–H groups in total. The largest absolute Gasteiger partial charge is 0.376 e. The van der Waals surface area contributed by atoms with Crippen LogP contribution in [0.3, 0.4) is 0 Å². The molecule has 0 saturated carbocycles. The molecule has 18 heavy (non-hydrogen) atoms. The van der Waals surface area contributed by atoms with Crippen molar-refractivity contribution >= 4 is 10.1 Å². The number of benzene rings is 1. The van der Waals surface area contributed by atoms with Crippen LogP contribution in [0.15, 0.2) is 23.1 Å². The molecule has 100 valence electrons. The van der Waals surface area contributed by atoms with Crippen molar-refractivity contribution in [3.05, 3.63) is 29.3 Å². The highest BCUT2D eigenvalue weighted by Gasteiger charge is 2.18. The summed E-state index contributed by atoms with van der Waals surface area (Å²) in [5.41, 5.74) is 1.82. The van der Waals surface area contributed by atoms with E-state index in [4.69, 9.17) is 14.0 Å². The third-order valence-electron chi connectivity index (χ3n) is 2.95. The Morgan fingerprint density at radius 1 is 1.39 bits per heavy atom. The van der Waals surface area contributed by atoms with Gasteiger partial charge in [-0.3, -0.25) is 4.55 Å². The number of hydrogen-bond donors (Lipinski definition) is 1. The fourth-order valence-corrected chi connectivity index (χ4v) is 2.46. The zero-order valence-electron chi connectivity index (χ0n) is 10.1. The summed E-state index contributed by atoms with van der Waals surface area (Å²) in [5.74, 6) is 0. The Bertz CT molecular complexity index is 517. The highest BCUT2D eigenvalue weighted by atomic mass is 32.2. The van der Waals surface area contributed by atoms with Gasteiger partial charge in [0.2, 0.25) is 0 Å². The maximum atomic E-state index is 11.1. The molecule has 0 bridgehead atoms. The van der Waals surface area contributed by atoms with Crippen LogP contribution in [0.25, 0.3) is 0 Å². The molecular formula is C12H16O5S. The lowest BCUT2D eigenvalue weighted by molar-refractivity contribution is -0.0872. The third kappa shape index (κ3) is 3.29. The van der Waals surface area contributed by atoms with Crippen molar-refractivity contribution in [3.8, 4) is 0 Å². The molecular weight excluding hydrogens is 256 g/mol. The minimum Gasteiger partial charge on any atom is -0.376 e. The lowest BCUT2D eigenvalue weighted by atomic mass is 10.0. The molecule has 1 aliphatic heterocycles. The van der Waals surface area contributed by atoms with Gasteiger partial charge in [0.25, 0.3) is 10.1 Å². The predicted octanol–water partition coefficient (Wildman–Crippen LogP) is 1.20. The number of aryl methyl sites for hydroxylation is 1. The molecule has 1 fully saturated rings. The fraction of sp³-hybridized carbons (Fsp3) is 0.500. The minimum absolute atomic E-state index is 0.0610. The molecule has 6 heteroatoms. The summed E-state index contributed by atoms with van der Waals surface area (Å²) in [5, 5.41) is 0. The molecule has 0 spiro atoms. The first-order valence-electron chi connectivity index (χ1n) is 5.73. The van der Waals surface area contributed by atoms with Gasteiger partial charge in [-0.15, -0.1) is 0 Å². The molecule has 1 aromatic rings. The fourth-order valence-electron chi connectivity index (χ4n) is 1.93. The normalized spacial score (nSPS) is 20.9. The molecule has 5 nitrogen and oxygen atoms in total. The van der Waals surface area contributed by atoms with Crippen LogP contribution in [-0.2, 0) is 26.0 Å². The second-order valence-corrected chi connectivity index (χ2v) is 5.76. The van der Waals surface area contributed by atoms with E-state index in [1.807, 2.05) is 6.92 Å². The number of rotatable bonds is 3. The lowest BCUT2D eigenvalue weighted by Gasteiger charge is -2.23. The molecule has 1 aliphatic rings. The monoisotopic (exact) mass is 272 g/mol. The maximum Gasteiger partial charge on any atom is 0.294 e. The first-order chi connectivity index (χ1) is 8.47. The van der Waals surface area contributed by atoms with Crippen molar-refractivity contribution in [1.29, 1.82) is 0 Å². The SMILES string of the molecule is Cc1ccc(S(=O)(=O)O)cc1CC1COCCO1. The highest BCUT2D eigenvalue weighted by molar-refractivity contribution is 7.85. The summed E-state index contributed by atoms with van der Waals surface area (Å²) in [7, 11) is -4.15. The quantitative estimate of drug-likeness (QED) is 0.837. The standard InChI is InChI=1S/C12H16O5S/c1-9-2-3-12(18(13,14)15)7-10(9)6-11-8-16-4-5-17-11/h2-3,7,11H,4-6,8H2,1H3,(H,13,14,15). The van der Waals surface area contributed by atoms with Crippen LogP contribution in [0.5, 0.6) is 0 Å².